The van der Waals surface area contributed by atoms with Crippen LogP contribution in [0.25, 0.3) is 10.9 Å². The maximum absolute atomic E-state index is 9.59. The van der Waals surface area contributed by atoms with E-state index in [0.717, 1.165) is 27.8 Å². The van der Waals surface area contributed by atoms with Crippen molar-refractivity contribution in [3.8, 4) is 5.75 Å². The van der Waals surface area contributed by atoms with E-state index >= 15 is 0 Å². The molecule has 0 aliphatic heterocycles. The number of hydrogen-bond donors (Lipinski definition) is 1. The summed E-state index contributed by atoms with van der Waals surface area (Å²) < 4.78 is 5.80. The van der Waals surface area contributed by atoms with E-state index in [1.807, 2.05) is 48.5 Å². The summed E-state index contributed by atoms with van der Waals surface area (Å²) in [7, 11) is 0. The molecule has 21 heavy (non-hydrogen) atoms. The molecule has 3 heteroatoms. The van der Waals surface area contributed by atoms with Crippen LogP contribution in [-0.4, -0.2) is 10.1 Å². The maximum Gasteiger partial charge on any atom is 0.120 e. The number of aromatic nitrogens is 1. The standard InChI is InChI=1S/C18H17NO2/c1-13(20)15-4-2-6-17(11-15)21-12-14-7-8-18-16(10-14)5-3-9-19-18/h2-11,13,20H,12H2,1H3. The fourth-order valence-electron chi connectivity index (χ4n) is 2.25. The molecule has 3 rings (SSSR count). The highest BCUT2D eigenvalue weighted by Gasteiger charge is 2.03. The van der Waals surface area contributed by atoms with Crippen molar-refractivity contribution in [2.75, 3.05) is 0 Å². The first-order chi connectivity index (χ1) is 10.2. The summed E-state index contributed by atoms with van der Waals surface area (Å²) in [5, 5.41) is 10.7. The van der Waals surface area contributed by atoms with Crippen molar-refractivity contribution in [3.05, 3.63) is 71.9 Å². The summed E-state index contributed by atoms with van der Waals surface area (Å²) in [4.78, 5) is 4.30. The lowest BCUT2D eigenvalue weighted by Gasteiger charge is -2.10. The molecule has 1 atom stereocenters. The second-order valence-corrected chi connectivity index (χ2v) is 5.07. The first-order valence-corrected chi connectivity index (χ1v) is 6.97. The Hall–Kier alpha value is -2.39. The largest absolute Gasteiger partial charge is 0.489 e. The van der Waals surface area contributed by atoms with Gasteiger partial charge in [-0.05, 0) is 48.4 Å². The van der Waals surface area contributed by atoms with Crippen LogP contribution in [0.1, 0.15) is 24.2 Å². The summed E-state index contributed by atoms with van der Waals surface area (Å²) >= 11 is 0. The SMILES string of the molecule is CC(O)c1cccc(OCc2ccc3ncccc3c2)c1. The van der Waals surface area contributed by atoms with Crippen molar-refractivity contribution in [1.29, 1.82) is 0 Å². The molecule has 1 aromatic heterocycles. The molecule has 2 aromatic carbocycles. The predicted molar refractivity (Wildman–Crippen MR) is 83.2 cm³/mol. The second-order valence-electron chi connectivity index (χ2n) is 5.07. The zero-order valence-corrected chi connectivity index (χ0v) is 11.9. The minimum Gasteiger partial charge on any atom is -0.489 e. The third-order valence-corrected chi connectivity index (χ3v) is 3.41. The Labute approximate surface area is 123 Å². The minimum atomic E-state index is -0.486. The van der Waals surface area contributed by atoms with Crippen LogP contribution in [0.4, 0.5) is 0 Å². The van der Waals surface area contributed by atoms with Crippen LogP contribution in [0.3, 0.4) is 0 Å². The molecule has 0 saturated heterocycles. The lowest BCUT2D eigenvalue weighted by atomic mass is 10.1. The number of hydrogen-bond acceptors (Lipinski definition) is 3. The number of pyridine rings is 1. The van der Waals surface area contributed by atoms with Gasteiger partial charge in [-0.2, -0.15) is 0 Å². The molecule has 0 aliphatic rings. The lowest BCUT2D eigenvalue weighted by molar-refractivity contribution is 0.198. The van der Waals surface area contributed by atoms with Gasteiger partial charge in [0.2, 0.25) is 0 Å². The lowest BCUT2D eigenvalue weighted by Crippen LogP contribution is -1.97. The zero-order chi connectivity index (χ0) is 14.7. The summed E-state index contributed by atoms with van der Waals surface area (Å²) in [5.74, 6) is 0.764. The average Bonchev–Trinajstić information content (AvgIpc) is 2.53. The monoisotopic (exact) mass is 279 g/mol. The van der Waals surface area contributed by atoms with E-state index in [1.165, 1.54) is 0 Å². The van der Waals surface area contributed by atoms with Crippen molar-refractivity contribution >= 4 is 10.9 Å². The van der Waals surface area contributed by atoms with Crippen molar-refractivity contribution in [2.45, 2.75) is 19.6 Å². The molecule has 1 unspecified atom stereocenters. The number of aliphatic hydroxyl groups is 1. The number of ether oxygens (including phenoxy) is 1. The van der Waals surface area contributed by atoms with Gasteiger partial charge in [-0.1, -0.05) is 24.3 Å². The van der Waals surface area contributed by atoms with E-state index in [1.54, 1.807) is 13.1 Å². The minimum absolute atomic E-state index is 0.486. The topological polar surface area (TPSA) is 42.4 Å². The molecule has 3 nitrogen and oxygen atoms in total. The highest BCUT2D eigenvalue weighted by molar-refractivity contribution is 5.78. The summed E-state index contributed by atoms with van der Waals surface area (Å²) in [6.07, 6.45) is 1.31. The highest BCUT2D eigenvalue weighted by Crippen LogP contribution is 2.20. The Morgan fingerprint density at radius 2 is 2.00 bits per heavy atom. The normalized spacial score (nSPS) is 12.3. The molecule has 3 aromatic rings. The molecule has 1 heterocycles. The molecule has 106 valence electrons. The number of aliphatic hydroxyl groups excluding tert-OH is 1. The van der Waals surface area contributed by atoms with E-state index in [9.17, 15) is 5.11 Å². The third kappa shape index (κ3) is 3.20. The Morgan fingerprint density at radius 3 is 2.86 bits per heavy atom. The molecule has 1 N–H and O–H groups in total. The quantitative estimate of drug-likeness (QED) is 0.788. The molecule has 0 spiro atoms. The van der Waals surface area contributed by atoms with Crippen LogP contribution < -0.4 is 4.74 Å². The first-order valence-electron chi connectivity index (χ1n) is 6.97. The molecule has 0 amide bonds. The van der Waals surface area contributed by atoms with Crippen molar-refractivity contribution in [2.24, 2.45) is 0 Å². The number of fused-ring (bicyclic) bond motifs is 1. The molecule has 0 saturated carbocycles. The number of nitrogens with zero attached hydrogens (tertiary/aromatic N) is 1. The van der Waals surface area contributed by atoms with Gasteiger partial charge in [-0.25, -0.2) is 0 Å². The van der Waals surface area contributed by atoms with Gasteiger partial charge < -0.3 is 9.84 Å². The smallest absolute Gasteiger partial charge is 0.120 e. The zero-order valence-electron chi connectivity index (χ0n) is 11.9. The van der Waals surface area contributed by atoms with E-state index in [0.29, 0.717) is 6.61 Å². The fraction of sp³-hybridized carbons (Fsp3) is 0.167. The molecular formula is C18H17NO2. The van der Waals surface area contributed by atoms with Crippen LogP contribution in [0.2, 0.25) is 0 Å². The van der Waals surface area contributed by atoms with Gasteiger partial charge in [0.25, 0.3) is 0 Å². The van der Waals surface area contributed by atoms with E-state index in [2.05, 4.69) is 11.1 Å². The van der Waals surface area contributed by atoms with Crippen molar-refractivity contribution < 1.29 is 9.84 Å². The molecular weight excluding hydrogens is 262 g/mol. The van der Waals surface area contributed by atoms with Crippen LogP contribution >= 0.6 is 0 Å². The predicted octanol–water partition coefficient (Wildman–Crippen LogP) is 3.87. The number of rotatable bonds is 4. The molecule has 0 bridgehead atoms. The van der Waals surface area contributed by atoms with Crippen molar-refractivity contribution in [3.63, 3.8) is 0 Å². The molecule has 0 fully saturated rings. The Balaban J connectivity index is 1.75. The second kappa shape index (κ2) is 5.94. The van der Waals surface area contributed by atoms with E-state index < -0.39 is 6.10 Å². The van der Waals surface area contributed by atoms with Gasteiger partial charge in [-0.3, -0.25) is 4.98 Å². The fourth-order valence-corrected chi connectivity index (χ4v) is 2.25. The van der Waals surface area contributed by atoms with Crippen LogP contribution in [0.5, 0.6) is 5.75 Å². The van der Waals surface area contributed by atoms with Gasteiger partial charge in [0.05, 0.1) is 11.6 Å². The third-order valence-electron chi connectivity index (χ3n) is 3.41. The summed E-state index contributed by atoms with van der Waals surface area (Å²) in [6.45, 7) is 2.24. The van der Waals surface area contributed by atoms with Gasteiger partial charge in [0.1, 0.15) is 12.4 Å². The average molecular weight is 279 g/mol. The Morgan fingerprint density at radius 1 is 1.10 bits per heavy atom. The van der Waals surface area contributed by atoms with Crippen LogP contribution in [0, 0.1) is 0 Å². The van der Waals surface area contributed by atoms with E-state index in [4.69, 9.17) is 4.74 Å². The maximum atomic E-state index is 9.59. The first kappa shape index (κ1) is 13.6. The molecule has 0 aliphatic carbocycles. The number of benzene rings is 2. The Kier molecular flexibility index (Phi) is 3.84. The van der Waals surface area contributed by atoms with E-state index in [-0.39, 0.29) is 0 Å². The highest BCUT2D eigenvalue weighted by atomic mass is 16.5. The van der Waals surface area contributed by atoms with Gasteiger partial charge in [-0.15, -0.1) is 0 Å². The van der Waals surface area contributed by atoms with Crippen molar-refractivity contribution in [1.82, 2.24) is 4.98 Å². The van der Waals surface area contributed by atoms with Crippen LogP contribution in [-0.2, 0) is 6.61 Å². The van der Waals surface area contributed by atoms with Gasteiger partial charge >= 0.3 is 0 Å². The Bertz CT molecular complexity index is 753. The van der Waals surface area contributed by atoms with Gasteiger partial charge in [0, 0.05) is 11.6 Å². The molecule has 0 radical (unpaired) electrons. The van der Waals surface area contributed by atoms with Gasteiger partial charge in [0.15, 0.2) is 0 Å². The summed E-state index contributed by atoms with van der Waals surface area (Å²) in [5.41, 5.74) is 2.94. The summed E-state index contributed by atoms with van der Waals surface area (Å²) in [6, 6.07) is 17.6. The van der Waals surface area contributed by atoms with Crippen LogP contribution in [0.15, 0.2) is 60.8 Å².